The summed E-state index contributed by atoms with van der Waals surface area (Å²) >= 11 is 0. The van der Waals surface area contributed by atoms with E-state index in [2.05, 4.69) is 17.2 Å². The second-order valence-electron chi connectivity index (χ2n) is 9.36. The first-order valence-corrected chi connectivity index (χ1v) is 11.7. The van der Waals surface area contributed by atoms with Crippen molar-refractivity contribution in [2.24, 2.45) is 5.92 Å². The molecule has 0 bridgehead atoms. The first-order valence-electron chi connectivity index (χ1n) is 11.7. The van der Waals surface area contributed by atoms with Crippen LogP contribution < -0.4 is 15.8 Å². The highest BCUT2D eigenvalue weighted by atomic mass is 16.5. The van der Waals surface area contributed by atoms with Crippen LogP contribution in [-0.4, -0.2) is 35.7 Å². The molecular formula is C25H35N3O3. The van der Waals surface area contributed by atoms with Crippen molar-refractivity contribution in [3.63, 3.8) is 0 Å². The predicted molar refractivity (Wildman–Crippen MR) is 123 cm³/mol. The van der Waals surface area contributed by atoms with Crippen molar-refractivity contribution in [1.82, 2.24) is 10.3 Å². The van der Waals surface area contributed by atoms with Crippen LogP contribution in [0.15, 0.2) is 24.3 Å². The lowest BCUT2D eigenvalue weighted by atomic mass is 9.89. The van der Waals surface area contributed by atoms with E-state index in [0.29, 0.717) is 5.69 Å². The smallest absolute Gasteiger partial charge is 0.246 e. The molecular weight excluding hydrogens is 390 g/mol. The average molecular weight is 426 g/mol. The lowest BCUT2D eigenvalue weighted by Gasteiger charge is -2.30. The topological polar surface area (TPSA) is 86.5 Å². The monoisotopic (exact) mass is 425 g/mol. The number of nitrogens with two attached hydrogens (primary N) is 1. The van der Waals surface area contributed by atoms with Gasteiger partial charge in [0.2, 0.25) is 5.91 Å². The number of carbonyl (C=O) groups is 1. The summed E-state index contributed by atoms with van der Waals surface area (Å²) in [5, 5.41) is 4.03. The van der Waals surface area contributed by atoms with E-state index in [9.17, 15) is 4.79 Å². The molecule has 4 rings (SSSR count). The minimum Gasteiger partial charge on any atom is -0.490 e. The van der Waals surface area contributed by atoms with Crippen LogP contribution in [0.3, 0.4) is 0 Å². The average Bonchev–Trinajstić information content (AvgIpc) is 2.74. The van der Waals surface area contributed by atoms with Crippen LogP contribution in [0.2, 0.25) is 0 Å². The zero-order valence-electron chi connectivity index (χ0n) is 18.7. The number of benzene rings is 1. The number of nitrogen functional groups attached to an aromatic ring is 1. The van der Waals surface area contributed by atoms with Gasteiger partial charge >= 0.3 is 0 Å². The third kappa shape index (κ3) is 5.67. The van der Waals surface area contributed by atoms with Gasteiger partial charge in [-0.2, -0.15) is 0 Å². The molecule has 2 fully saturated rings. The molecule has 2 aliphatic carbocycles. The van der Waals surface area contributed by atoms with Crippen molar-refractivity contribution in [2.75, 3.05) is 12.3 Å². The van der Waals surface area contributed by atoms with Gasteiger partial charge in [0.05, 0.1) is 23.1 Å². The van der Waals surface area contributed by atoms with Crippen molar-refractivity contribution >= 4 is 22.5 Å². The van der Waals surface area contributed by atoms with Crippen LogP contribution >= 0.6 is 0 Å². The molecule has 31 heavy (non-hydrogen) atoms. The predicted octanol–water partition coefficient (Wildman–Crippen LogP) is 4.53. The molecule has 3 N–H and O–H groups in total. The highest BCUT2D eigenvalue weighted by Crippen LogP contribution is 2.33. The summed E-state index contributed by atoms with van der Waals surface area (Å²) in [6, 6.07) is 7.98. The van der Waals surface area contributed by atoms with Gasteiger partial charge in [0.15, 0.2) is 0 Å². The molecule has 0 aliphatic heterocycles. The summed E-state index contributed by atoms with van der Waals surface area (Å²) in [7, 11) is 0. The number of amides is 1. The second kappa shape index (κ2) is 9.86. The Labute approximate surface area is 184 Å². The number of ether oxygens (including phenoxy) is 2. The fourth-order valence-electron chi connectivity index (χ4n) is 4.88. The van der Waals surface area contributed by atoms with E-state index in [1.54, 1.807) is 0 Å². The molecule has 0 saturated heterocycles. The SMILES string of the molecule is Cc1cc(N)c2c(OC3CCC(NC(=O)COC4CCC(C)CC4)CC3)cccc2n1. The first-order chi connectivity index (χ1) is 15.0. The molecule has 2 aromatic rings. The van der Waals surface area contributed by atoms with Crippen molar-refractivity contribution in [2.45, 2.75) is 83.5 Å². The van der Waals surface area contributed by atoms with Crippen LogP contribution in [0, 0.1) is 12.8 Å². The number of nitrogens with one attached hydrogen (secondary N) is 1. The summed E-state index contributed by atoms with van der Waals surface area (Å²) < 4.78 is 12.2. The number of hydrogen-bond donors (Lipinski definition) is 2. The molecule has 6 heteroatoms. The highest BCUT2D eigenvalue weighted by Gasteiger charge is 2.25. The van der Waals surface area contributed by atoms with Crippen molar-refractivity contribution in [1.29, 1.82) is 0 Å². The van der Waals surface area contributed by atoms with Gasteiger partial charge in [-0.25, -0.2) is 0 Å². The van der Waals surface area contributed by atoms with E-state index >= 15 is 0 Å². The van der Waals surface area contributed by atoms with Crippen LogP contribution in [0.1, 0.15) is 64.0 Å². The number of hydrogen-bond acceptors (Lipinski definition) is 5. The van der Waals surface area contributed by atoms with Gasteiger partial charge in [0, 0.05) is 17.4 Å². The van der Waals surface area contributed by atoms with Crippen LogP contribution in [0.4, 0.5) is 5.69 Å². The molecule has 0 spiro atoms. The highest BCUT2D eigenvalue weighted by molar-refractivity contribution is 5.95. The molecule has 168 valence electrons. The van der Waals surface area contributed by atoms with E-state index in [4.69, 9.17) is 15.2 Å². The van der Waals surface area contributed by atoms with Gasteiger partial charge in [0.25, 0.3) is 0 Å². The van der Waals surface area contributed by atoms with E-state index in [0.717, 1.165) is 66.8 Å². The molecule has 0 unspecified atom stereocenters. The summed E-state index contributed by atoms with van der Waals surface area (Å²) in [4.78, 5) is 16.9. The van der Waals surface area contributed by atoms with Gasteiger partial charge in [-0.3, -0.25) is 9.78 Å². The molecule has 1 aromatic carbocycles. The van der Waals surface area contributed by atoms with E-state index in [-0.39, 0.29) is 30.8 Å². The van der Waals surface area contributed by atoms with Crippen LogP contribution in [-0.2, 0) is 9.53 Å². The number of aryl methyl sites for hydroxylation is 1. The summed E-state index contributed by atoms with van der Waals surface area (Å²) in [5.41, 5.74) is 8.72. The molecule has 1 amide bonds. The van der Waals surface area contributed by atoms with Gasteiger partial charge < -0.3 is 20.5 Å². The lowest BCUT2D eigenvalue weighted by Crippen LogP contribution is -2.41. The molecule has 2 aliphatic rings. The normalized spacial score (nSPS) is 26.5. The number of carbonyl (C=O) groups excluding carboxylic acids is 1. The first kappa shape index (κ1) is 21.9. The second-order valence-corrected chi connectivity index (χ2v) is 9.36. The van der Waals surface area contributed by atoms with Crippen molar-refractivity contribution in [3.05, 3.63) is 30.0 Å². The maximum Gasteiger partial charge on any atom is 0.246 e. The van der Waals surface area contributed by atoms with Crippen LogP contribution in [0.25, 0.3) is 10.9 Å². The molecule has 1 aromatic heterocycles. The number of fused-ring (bicyclic) bond motifs is 1. The quantitative estimate of drug-likeness (QED) is 0.710. The Bertz CT molecular complexity index is 900. The van der Waals surface area contributed by atoms with Gasteiger partial charge in [-0.05, 0) is 82.4 Å². The Balaban J connectivity index is 1.24. The Kier molecular flexibility index (Phi) is 6.96. The third-order valence-corrected chi connectivity index (χ3v) is 6.70. The van der Waals surface area contributed by atoms with Crippen molar-refractivity contribution in [3.8, 4) is 5.75 Å². The Morgan fingerprint density at radius 2 is 1.81 bits per heavy atom. The fourth-order valence-corrected chi connectivity index (χ4v) is 4.88. The Morgan fingerprint density at radius 1 is 1.10 bits per heavy atom. The van der Waals surface area contributed by atoms with E-state index in [1.165, 1.54) is 12.8 Å². The van der Waals surface area contributed by atoms with E-state index < -0.39 is 0 Å². The number of anilines is 1. The Hall–Kier alpha value is -2.34. The summed E-state index contributed by atoms with van der Waals surface area (Å²) in [6.45, 7) is 4.41. The van der Waals surface area contributed by atoms with E-state index in [1.807, 2.05) is 31.2 Å². The third-order valence-electron chi connectivity index (χ3n) is 6.70. The standard InChI is InChI=1S/C25H35N3O3/c1-16-6-10-19(11-7-16)30-15-24(29)28-18-8-12-20(13-9-18)31-23-5-3-4-22-25(23)21(26)14-17(2)27-22/h3-5,14,16,18-20H,6-13,15H2,1-2H3,(H2,26,27)(H,28,29). The Morgan fingerprint density at radius 3 is 2.55 bits per heavy atom. The number of pyridine rings is 1. The van der Waals surface area contributed by atoms with Gasteiger partial charge in [-0.1, -0.05) is 13.0 Å². The largest absolute Gasteiger partial charge is 0.490 e. The van der Waals surface area contributed by atoms with Crippen LogP contribution in [0.5, 0.6) is 5.75 Å². The summed E-state index contributed by atoms with van der Waals surface area (Å²) in [6.07, 6.45) is 8.56. The molecule has 0 radical (unpaired) electrons. The molecule has 2 saturated carbocycles. The minimum absolute atomic E-state index is 0.00580. The molecule has 1 heterocycles. The van der Waals surface area contributed by atoms with Crippen molar-refractivity contribution < 1.29 is 14.3 Å². The maximum atomic E-state index is 12.3. The number of nitrogens with zero attached hydrogens (tertiary/aromatic N) is 1. The summed E-state index contributed by atoms with van der Waals surface area (Å²) in [5.74, 6) is 1.59. The van der Waals surface area contributed by atoms with Gasteiger partial charge in [-0.15, -0.1) is 0 Å². The molecule has 6 nitrogen and oxygen atoms in total. The zero-order valence-corrected chi connectivity index (χ0v) is 18.7. The minimum atomic E-state index is 0.00580. The molecule has 0 atom stereocenters. The fraction of sp³-hybridized carbons (Fsp3) is 0.600. The zero-order chi connectivity index (χ0) is 21.8. The van der Waals surface area contributed by atoms with Gasteiger partial charge in [0.1, 0.15) is 12.4 Å². The maximum absolute atomic E-state index is 12.3. The number of rotatable bonds is 6. The lowest BCUT2D eigenvalue weighted by molar-refractivity contribution is -0.129. The number of aromatic nitrogens is 1.